The van der Waals surface area contributed by atoms with E-state index >= 15 is 0 Å². The number of aryl methyl sites for hydroxylation is 1. The number of benzene rings is 1. The Balaban J connectivity index is 1.46. The first kappa shape index (κ1) is 13.2. The van der Waals surface area contributed by atoms with E-state index in [0.717, 1.165) is 31.4 Å². The van der Waals surface area contributed by atoms with Gasteiger partial charge < -0.3 is 15.0 Å². The maximum atomic E-state index is 11.8. The standard InChI is InChI=1S/C16H20N2O2/c19-16(18-11-14-2-1-9-20-14)6-4-12-3-5-15-13(10-12)7-8-17-15/h3,5,7-8,10,14,17H,1-2,4,6,9,11H2,(H,18,19). The molecular weight excluding hydrogens is 252 g/mol. The predicted molar refractivity (Wildman–Crippen MR) is 78.6 cm³/mol. The summed E-state index contributed by atoms with van der Waals surface area (Å²) in [6, 6.07) is 8.33. The number of ether oxygens (including phenoxy) is 1. The highest BCUT2D eigenvalue weighted by molar-refractivity contribution is 5.80. The quantitative estimate of drug-likeness (QED) is 0.878. The zero-order chi connectivity index (χ0) is 13.8. The van der Waals surface area contributed by atoms with Crippen LogP contribution in [0.25, 0.3) is 10.9 Å². The molecule has 1 aliphatic rings. The van der Waals surface area contributed by atoms with Crippen molar-refractivity contribution in [3.63, 3.8) is 0 Å². The number of amides is 1. The largest absolute Gasteiger partial charge is 0.376 e. The first-order chi connectivity index (χ1) is 9.81. The second kappa shape index (κ2) is 6.09. The third-order valence-corrected chi connectivity index (χ3v) is 3.81. The Morgan fingerprint density at radius 1 is 1.40 bits per heavy atom. The maximum absolute atomic E-state index is 11.8. The van der Waals surface area contributed by atoms with Crippen molar-refractivity contribution in [3.05, 3.63) is 36.0 Å². The highest BCUT2D eigenvalue weighted by Crippen LogP contribution is 2.15. The number of hydrogen-bond acceptors (Lipinski definition) is 2. The van der Waals surface area contributed by atoms with Crippen LogP contribution in [0.1, 0.15) is 24.8 Å². The van der Waals surface area contributed by atoms with E-state index in [9.17, 15) is 4.79 Å². The van der Waals surface area contributed by atoms with Gasteiger partial charge in [-0.2, -0.15) is 0 Å². The molecule has 0 saturated carbocycles. The monoisotopic (exact) mass is 272 g/mol. The smallest absolute Gasteiger partial charge is 0.220 e. The molecule has 1 aromatic carbocycles. The van der Waals surface area contributed by atoms with Gasteiger partial charge in [0, 0.05) is 31.3 Å². The maximum Gasteiger partial charge on any atom is 0.220 e. The first-order valence-corrected chi connectivity index (χ1v) is 7.25. The summed E-state index contributed by atoms with van der Waals surface area (Å²) >= 11 is 0. The Morgan fingerprint density at radius 2 is 2.35 bits per heavy atom. The fourth-order valence-corrected chi connectivity index (χ4v) is 2.64. The number of H-pyrrole nitrogens is 1. The van der Waals surface area contributed by atoms with Crippen LogP contribution in [0.4, 0.5) is 0 Å². The number of carbonyl (C=O) groups is 1. The van der Waals surface area contributed by atoms with E-state index in [0.29, 0.717) is 13.0 Å². The Bertz CT molecular complexity index is 585. The molecule has 2 N–H and O–H groups in total. The van der Waals surface area contributed by atoms with Gasteiger partial charge in [0.25, 0.3) is 0 Å². The molecule has 0 aliphatic carbocycles. The van der Waals surface area contributed by atoms with Crippen LogP contribution in [-0.4, -0.2) is 30.1 Å². The molecule has 2 heterocycles. The number of nitrogens with one attached hydrogen (secondary N) is 2. The predicted octanol–water partition coefficient (Wildman–Crippen LogP) is 2.40. The molecule has 0 bridgehead atoms. The second-order valence-corrected chi connectivity index (χ2v) is 5.34. The molecule has 1 aliphatic heterocycles. The van der Waals surface area contributed by atoms with Gasteiger partial charge in [-0.05, 0) is 48.4 Å². The molecule has 106 valence electrons. The molecule has 1 fully saturated rings. The summed E-state index contributed by atoms with van der Waals surface area (Å²) < 4.78 is 5.49. The summed E-state index contributed by atoms with van der Waals surface area (Å²) in [6.45, 7) is 1.48. The average molecular weight is 272 g/mol. The number of rotatable bonds is 5. The van der Waals surface area contributed by atoms with Gasteiger partial charge in [0.05, 0.1) is 6.10 Å². The van der Waals surface area contributed by atoms with E-state index in [1.807, 2.05) is 6.20 Å². The Kier molecular flexibility index (Phi) is 4.02. The molecule has 1 unspecified atom stereocenters. The van der Waals surface area contributed by atoms with Gasteiger partial charge in [0.15, 0.2) is 0 Å². The number of aromatic amines is 1. The van der Waals surface area contributed by atoms with Gasteiger partial charge >= 0.3 is 0 Å². The summed E-state index contributed by atoms with van der Waals surface area (Å²) in [7, 11) is 0. The number of hydrogen-bond donors (Lipinski definition) is 2. The lowest BCUT2D eigenvalue weighted by Gasteiger charge is -2.10. The van der Waals surface area contributed by atoms with E-state index < -0.39 is 0 Å². The molecule has 1 aromatic heterocycles. The van der Waals surface area contributed by atoms with Gasteiger partial charge in [-0.25, -0.2) is 0 Å². The molecule has 1 atom stereocenters. The molecule has 0 radical (unpaired) electrons. The van der Waals surface area contributed by atoms with Gasteiger partial charge in [-0.15, -0.1) is 0 Å². The molecule has 3 rings (SSSR count). The number of fused-ring (bicyclic) bond motifs is 1. The van der Waals surface area contributed by atoms with Crippen LogP contribution < -0.4 is 5.32 Å². The molecule has 0 spiro atoms. The highest BCUT2D eigenvalue weighted by atomic mass is 16.5. The van der Waals surface area contributed by atoms with Crippen LogP contribution in [0.5, 0.6) is 0 Å². The Hall–Kier alpha value is -1.81. The molecule has 1 amide bonds. The van der Waals surface area contributed by atoms with Crippen molar-refractivity contribution >= 4 is 16.8 Å². The van der Waals surface area contributed by atoms with Crippen LogP contribution in [0.15, 0.2) is 30.5 Å². The van der Waals surface area contributed by atoms with Crippen molar-refractivity contribution in [2.75, 3.05) is 13.2 Å². The van der Waals surface area contributed by atoms with Crippen molar-refractivity contribution in [1.82, 2.24) is 10.3 Å². The fourth-order valence-electron chi connectivity index (χ4n) is 2.64. The number of aromatic nitrogens is 1. The SMILES string of the molecule is O=C(CCc1ccc2[nH]ccc2c1)NCC1CCCO1. The molecular formula is C16H20N2O2. The minimum absolute atomic E-state index is 0.106. The van der Waals surface area contributed by atoms with E-state index in [2.05, 4.69) is 34.6 Å². The lowest BCUT2D eigenvalue weighted by atomic mass is 10.1. The van der Waals surface area contributed by atoms with E-state index in [1.165, 1.54) is 10.9 Å². The van der Waals surface area contributed by atoms with Crippen LogP contribution in [0.3, 0.4) is 0 Å². The lowest BCUT2D eigenvalue weighted by molar-refractivity contribution is -0.121. The normalized spacial score (nSPS) is 18.5. The summed E-state index contributed by atoms with van der Waals surface area (Å²) in [5, 5.41) is 4.15. The summed E-state index contributed by atoms with van der Waals surface area (Å²) in [5.74, 6) is 0.106. The number of carbonyl (C=O) groups excluding carboxylic acids is 1. The second-order valence-electron chi connectivity index (χ2n) is 5.34. The summed E-state index contributed by atoms with van der Waals surface area (Å²) in [4.78, 5) is 15.0. The van der Waals surface area contributed by atoms with Gasteiger partial charge in [-0.3, -0.25) is 4.79 Å². The Labute approximate surface area is 118 Å². The lowest BCUT2D eigenvalue weighted by Crippen LogP contribution is -2.31. The average Bonchev–Trinajstić information content (AvgIpc) is 3.13. The molecule has 4 nitrogen and oxygen atoms in total. The van der Waals surface area contributed by atoms with Crippen molar-refractivity contribution in [2.24, 2.45) is 0 Å². The Morgan fingerprint density at radius 3 is 3.20 bits per heavy atom. The minimum atomic E-state index is 0.106. The molecule has 1 saturated heterocycles. The van der Waals surface area contributed by atoms with Gasteiger partial charge in [0.1, 0.15) is 0 Å². The van der Waals surface area contributed by atoms with Crippen LogP contribution in [-0.2, 0) is 16.0 Å². The topological polar surface area (TPSA) is 54.1 Å². The van der Waals surface area contributed by atoms with Crippen LogP contribution in [0, 0.1) is 0 Å². The van der Waals surface area contributed by atoms with Crippen molar-refractivity contribution in [2.45, 2.75) is 31.8 Å². The third-order valence-electron chi connectivity index (χ3n) is 3.81. The first-order valence-electron chi connectivity index (χ1n) is 7.25. The highest BCUT2D eigenvalue weighted by Gasteiger charge is 2.15. The fraction of sp³-hybridized carbons (Fsp3) is 0.438. The van der Waals surface area contributed by atoms with Crippen LogP contribution >= 0.6 is 0 Å². The molecule has 20 heavy (non-hydrogen) atoms. The van der Waals surface area contributed by atoms with Crippen LogP contribution in [0.2, 0.25) is 0 Å². The van der Waals surface area contributed by atoms with Gasteiger partial charge in [0.2, 0.25) is 5.91 Å². The third kappa shape index (κ3) is 3.20. The summed E-state index contributed by atoms with van der Waals surface area (Å²) in [5.41, 5.74) is 2.33. The molecule has 2 aromatic rings. The van der Waals surface area contributed by atoms with Crippen molar-refractivity contribution < 1.29 is 9.53 Å². The van der Waals surface area contributed by atoms with E-state index in [4.69, 9.17) is 4.74 Å². The zero-order valence-corrected chi connectivity index (χ0v) is 11.5. The summed E-state index contributed by atoms with van der Waals surface area (Å²) in [6.07, 6.45) is 5.63. The molecule has 4 heteroatoms. The minimum Gasteiger partial charge on any atom is -0.376 e. The zero-order valence-electron chi connectivity index (χ0n) is 11.5. The van der Waals surface area contributed by atoms with Crippen molar-refractivity contribution in [3.8, 4) is 0 Å². The van der Waals surface area contributed by atoms with E-state index in [-0.39, 0.29) is 12.0 Å². The van der Waals surface area contributed by atoms with Crippen molar-refractivity contribution in [1.29, 1.82) is 0 Å². The van der Waals surface area contributed by atoms with Gasteiger partial charge in [-0.1, -0.05) is 6.07 Å². The van der Waals surface area contributed by atoms with E-state index in [1.54, 1.807) is 0 Å².